The quantitative estimate of drug-likeness (QED) is 0.632. The monoisotopic (exact) mass is 298 g/mol. The van der Waals surface area contributed by atoms with E-state index in [1.54, 1.807) is 33.5 Å². The van der Waals surface area contributed by atoms with Crippen molar-refractivity contribution in [2.75, 3.05) is 34.5 Å². The van der Waals surface area contributed by atoms with E-state index in [1.807, 2.05) is 6.92 Å². The second kappa shape index (κ2) is 8.71. The summed E-state index contributed by atoms with van der Waals surface area (Å²) in [5.41, 5.74) is 6.75. The Kier molecular flexibility index (Phi) is 7.28. The number of nitrogens with one attached hydrogen (secondary N) is 1. The molecule has 0 aromatic heterocycles. The number of nitrogens with two attached hydrogens (primary N) is 1. The van der Waals surface area contributed by atoms with Crippen molar-refractivity contribution < 1.29 is 19.3 Å². The average molecular weight is 298 g/mol. The molecule has 0 fully saturated rings. The number of rotatable bonds is 9. The summed E-state index contributed by atoms with van der Waals surface area (Å²) in [7, 11) is 4.79. The molecule has 4 N–H and O–H groups in total. The van der Waals surface area contributed by atoms with E-state index in [0.29, 0.717) is 30.2 Å². The Morgan fingerprint density at radius 1 is 1.14 bits per heavy atom. The Hall–Kier alpha value is -1.50. The fraction of sp³-hybridized carbons (Fsp3) is 0.600. The molecule has 0 bridgehead atoms. The Morgan fingerprint density at radius 3 is 2.10 bits per heavy atom. The fourth-order valence-corrected chi connectivity index (χ4v) is 2.27. The third-order valence-electron chi connectivity index (χ3n) is 3.39. The van der Waals surface area contributed by atoms with Gasteiger partial charge in [-0.25, -0.2) is 0 Å². The Balaban J connectivity index is 3.17. The molecule has 0 heterocycles. The molecule has 0 spiro atoms. The van der Waals surface area contributed by atoms with Gasteiger partial charge in [0.1, 0.15) is 17.2 Å². The van der Waals surface area contributed by atoms with Crippen LogP contribution in [0.5, 0.6) is 17.2 Å². The molecular weight excluding hydrogens is 272 g/mol. The predicted molar refractivity (Wildman–Crippen MR) is 82.2 cm³/mol. The Bertz CT molecular complexity index is 415. The first-order valence-electron chi connectivity index (χ1n) is 6.98. The van der Waals surface area contributed by atoms with Crippen molar-refractivity contribution in [3.63, 3.8) is 0 Å². The lowest BCUT2D eigenvalue weighted by Crippen LogP contribution is -2.36. The molecule has 120 valence electrons. The van der Waals surface area contributed by atoms with E-state index in [2.05, 4.69) is 5.32 Å². The van der Waals surface area contributed by atoms with Crippen LogP contribution in [-0.2, 0) is 0 Å². The number of hydrogen-bond donors (Lipinski definition) is 3. The first kappa shape index (κ1) is 17.6. The Morgan fingerprint density at radius 2 is 1.71 bits per heavy atom. The van der Waals surface area contributed by atoms with Gasteiger partial charge in [-0.15, -0.1) is 0 Å². The van der Waals surface area contributed by atoms with E-state index in [-0.39, 0.29) is 18.7 Å². The summed E-state index contributed by atoms with van der Waals surface area (Å²) in [4.78, 5) is 0. The van der Waals surface area contributed by atoms with Crippen molar-refractivity contribution in [1.82, 2.24) is 5.32 Å². The van der Waals surface area contributed by atoms with Crippen molar-refractivity contribution in [3.05, 3.63) is 17.7 Å². The molecule has 2 atom stereocenters. The van der Waals surface area contributed by atoms with Gasteiger partial charge in [0.25, 0.3) is 0 Å². The molecule has 1 aromatic rings. The maximum absolute atomic E-state index is 9.03. The first-order valence-corrected chi connectivity index (χ1v) is 6.98. The van der Waals surface area contributed by atoms with Gasteiger partial charge in [-0.05, 0) is 13.3 Å². The minimum Gasteiger partial charge on any atom is -0.496 e. The lowest BCUT2D eigenvalue weighted by atomic mass is 10.0. The van der Waals surface area contributed by atoms with Crippen molar-refractivity contribution >= 4 is 0 Å². The minimum atomic E-state index is -0.137. The fourth-order valence-electron chi connectivity index (χ4n) is 2.27. The zero-order valence-corrected chi connectivity index (χ0v) is 13.2. The standard InChI is InChI=1S/C15H26N2O4/c1-10(5-6-18)17-12(9-16)15-13(20-3)7-11(19-2)8-14(15)21-4/h7-8,10,12,17-18H,5-6,9,16H2,1-4H3. The van der Waals surface area contributed by atoms with Gasteiger partial charge < -0.3 is 30.4 Å². The normalized spacial score (nSPS) is 13.6. The summed E-state index contributed by atoms with van der Waals surface area (Å²) in [6.07, 6.45) is 0.650. The minimum absolute atomic E-state index is 0.125. The van der Waals surface area contributed by atoms with Gasteiger partial charge in [-0.3, -0.25) is 0 Å². The summed E-state index contributed by atoms with van der Waals surface area (Å²) in [5.74, 6) is 1.97. The zero-order valence-electron chi connectivity index (χ0n) is 13.2. The molecule has 2 unspecified atom stereocenters. The number of benzene rings is 1. The molecule has 0 saturated carbocycles. The highest BCUT2D eigenvalue weighted by molar-refractivity contribution is 5.52. The second-order valence-electron chi connectivity index (χ2n) is 4.81. The topological polar surface area (TPSA) is 86.0 Å². The van der Waals surface area contributed by atoms with Crippen LogP contribution in [0.25, 0.3) is 0 Å². The molecule has 0 amide bonds. The van der Waals surface area contributed by atoms with Gasteiger partial charge in [0, 0.05) is 31.3 Å². The van der Waals surface area contributed by atoms with Gasteiger partial charge in [0.15, 0.2) is 0 Å². The van der Waals surface area contributed by atoms with Crippen LogP contribution in [-0.4, -0.2) is 45.6 Å². The van der Waals surface area contributed by atoms with Gasteiger partial charge >= 0.3 is 0 Å². The first-order chi connectivity index (χ1) is 10.1. The van der Waals surface area contributed by atoms with Gasteiger partial charge in [0.2, 0.25) is 0 Å². The molecule has 21 heavy (non-hydrogen) atoms. The van der Waals surface area contributed by atoms with Gasteiger partial charge in [0.05, 0.1) is 32.9 Å². The molecule has 0 aliphatic carbocycles. The molecule has 0 radical (unpaired) electrons. The second-order valence-corrected chi connectivity index (χ2v) is 4.81. The maximum atomic E-state index is 9.03. The number of ether oxygens (including phenoxy) is 3. The average Bonchev–Trinajstić information content (AvgIpc) is 2.51. The summed E-state index contributed by atoms with van der Waals surface area (Å²) in [6, 6.07) is 3.60. The van der Waals surface area contributed by atoms with Crippen LogP contribution in [0.4, 0.5) is 0 Å². The van der Waals surface area contributed by atoms with Crippen molar-refractivity contribution in [2.24, 2.45) is 5.73 Å². The Labute approximate surface area is 126 Å². The van der Waals surface area contributed by atoms with Crippen molar-refractivity contribution in [1.29, 1.82) is 0 Å². The highest BCUT2D eigenvalue weighted by Gasteiger charge is 2.22. The molecule has 1 aromatic carbocycles. The van der Waals surface area contributed by atoms with Crippen LogP contribution >= 0.6 is 0 Å². The van der Waals surface area contributed by atoms with E-state index >= 15 is 0 Å². The van der Waals surface area contributed by atoms with E-state index in [0.717, 1.165) is 5.56 Å². The summed E-state index contributed by atoms with van der Waals surface area (Å²) in [5, 5.41) is 12.4. The molecule has 0 saturated heterocycles. The number of aliphatic hydroxyl groups excluding tert-OH is 1. The maximum Gasteiger partial charge on any atom is 0.131 e. The number of aliphatic hydroxyl groups is 1. The number of hydrogen-bond acceptors (Lipinski definition) is 6. The van der Waals surface area contributed by atoms with Gasteiger partial charge in [-0.2, -0.15) is 0 Å². The van der Waals surface area contributed by atoms with Crippen molar-refractivity contribution in [2.45, 2.75) is 25.4 Å². The van der Waals surface area contributed by atoms with Crippen LogP contribution in [0, 0.1) is 0 Å². The van der Waals surface area contributed by atoms with E-state index in [9.17, 15) is 0 Å². The van der Waals surface area contributed by atoms with Crippen LogP contribution in [0.1, 0.15) is 24.9 Å². The number of methoxy groups -OCH3 is 3. The molecule has 6 nitrogen and oxygen atoms in total. The van der Waals surface area contributed by atoms with Crippen LogP contribution in [0.15, 0.2) is 12.1 Å². The highest BCUT2D eigenvalue weighted by atomic mass is 16.5. The van der Waals surface area contributed by atoms with E-state index < -0.39 is 0 Å². The van der Waals surface area contributed by atoms with Crippen LogP contribution in [0.2, 0.25) is 0 Å². The lowest BCUT2D eigenvalue weighted by Gasteiger charge is -2.25. The molecule has 0 aliphatic rings. The molecule has 1 rings (SSSR count). The lowest BCUT2D eigenvalue weighted by molar-refractivity contribution is 0.262. The molecule has 6 heteroatoms. The summed E-state index contributed by atoms with van der Waals surface area (Å²) in [6.45, 7) is 2.51. The van der Waals surface area contributed by atoms with E-state index in [1.165, 1.54) is 0 Å². The van der Waals surface area contributed by atoms with Crippen LogP contribution < -0.4 is 25.3 Å². The third-order valence-corrected chi connectivity index (χ3v) is 3.39. The zero-order chi connectivity index (χ0) is 15.8. The predicted octanol–water partition coefficient (Wildman–Crippen LogP) is 1.07. The third kappa shape index (κ3) is 4.49. The molecule has 0 aliphatic heterocycles. The van der Waals surface area contributed by atoms with Crippen LogP contribution in [0.3, 0.4) is 0 Å². The summed E-state index contributed by atoms with van der Waals surface area (Å²) >= 11 is 0. The molecular formula is C15H26N2O4. The van der Waals surface area contributed by atoms with Crippen molar-refractivity contribution in [3.8, 4) is 17.2 Å². The van der Waals surface area contributed by atoms with E-state index in [4.69, 9.17) is 25.1 Å². The van der Waals surface area contributed by atoms with Gasteiger partial charge in [-0.1, -0.05) is 0 Å². The highest BCUT2D eigenvalue weighted by Crippen LogP contribution is 2.38. The summed E-state index contributed by atoms with van der Waals surface area (Å²) < 4.78 is 16.1. The SMILES string of the molecule is COc1cc(OC)c(C(CN)NC(C)CCO)c(OC)c1. The smallest absolute Gasteiger partial charge is 0.131 e. The largest absolute Gasteiger partial charge is 0.496 e.